The number of nitrogens with zero attached hydrogens (tertiary/aromatic N) is 2. The van der Waals surface area contributed by atoms with Gasteiger partial charge in [-0.3, -0.25) is 19.4 Å². The Morgan fingerprint density at radius 2 is 1.81 bits per heavy atom. The molecule has 0 unspecified atom stereocenters. The van der Waals surface area contributed by atoms with Gasteiger partial charge in [-0.25, -0.2) is 0 Å². The standard InChI is InChI=1S/C19H16N2O3S2/c1-13(22)20(14-6-4-3-5-7-14)12-17-18(23)21(19(25)26-17)15-8-10-16(24-2)11-9-15/h3-12H,1-2H3/b17-12+. The Morgan fingerprint density at radius 1 is 1.15 bits per heavy atom. The van der Waals surface area contributed by atoms with E-state index < -0.39 is 0 Å². The first-order chi connectivity index (χ1) is 12.5. The molecule has 3 rings (SSSR count). The lowest BCUT2D eigenvalue weighted by Gasteiger charge is -2.17. The molecule has 132 valence electrons. The fourth-order valence-electron chi connectivity index (χ4n) is 2.47. The number of hydrogen-bond donors (Lipinski definition) is 0. The van der Waals surface area contributed by atoms with Crippen LogP contribution in [0.25, 0.3) is 0 Å². The lowest BCUT2D eigenvalue weighted by molar-refractivity contribution is -0.116. The summed E-state index contributed by atoms with van der Waals surface area (Å²) < 4.78 is 5.56. The van der Waals surface area contributed by atoms with Gasteiger partial charge in [-0.2, -0.15) is 0 Å². The Bertz CT molecular complexity index is 879. The molecule has 1 aliphatic heterocycles. The molecule has 0 saturated carbocycles. The highest BCUT2D eigenvalue weighted by atomic mass is 32.2. The van der Waals surface area contributed by atoms with E-state index in [2.05, 4.69) is 0 Å². The number of thiocarbonyl (C=S) groups is 1. The molecular weight excluding hydrogens is 368 g/mol. The fraction of sp³-hybridized carbons (Fsp3) is 0.105. The number of benzene rings is 2. The Kier molecular flexibility index (Phi) is 5.39. The molecule has 0 bridgehead atoms. The second-order valence-corrected chi connectivity index (χ2v) is 7.10. The van der Waals surface area contributed by atoms with Crippen LogP contribution in [0, 0.1) is 0 Å². The van der Waals surface area contributed by atoms with E-state index in [1.165, 1.54) is 28.5 Å². The number of para-hydroxylation sites is 1. The van der Waals surface area contributed by atoms with Gasteiger partial charge in [-0.05, 0) is 36.4 Å². The van der Waals surface area contributed by atoms with Gasteiger partial charge in [0.2, 0.25) is 5.91 Å². The summed E-state index contributed by atoms with van der Waals surface area (Å²) in [6.45, 7) is 1.45. The van der Waals surface area contributed by atoms with Crippen LogP contribution in [0.2, 0.25) is 0 Å². The SMILES string of the molecule is COc1ccc(N2C(=O)/C(=C\N(C(C)=O)c3ccccc3)SC2=S)cc1. The monoisotopic (exact) mass is 384 g/mol. The second kappa shape index (κ2) is 7.72. The van der Waals surface area contributed by atoms with Crippen molar-refractivity contribution in [3.8, 4) is 5.75 Å². The number of hydrogen-bond acceptors (Lipinski definition) is 5. The molecule has 7 heteroatoms. The van der Waals surface area contributed by atoms with Crippen molar-refractivity contribution in [3.05, 3.63) is 65.7 Å². The molecule has 0 N–H and O–H groups in total. The minimum absolute atomic E-state index is 0.189. The van der Waals surface area contributed by atoms with Crippen LogP contribution in [0.5, 0.6) is 5.75 Å². The van der Waals surface area contributed by atoms with E-state index in [0.717, 1.165) is 0 Å². The minimum Gasteiger partial charge on any atom is -0.497 e. The molecule has 26 heavy (non-hydrogen) atoms. The molecule has 0 aliphatic carbocycles. The first-order valence-electron chi connectivity index (χ1n) is 7.78. The molecule has 1 heterocycles. The zero-order chi connectivity index (χ0) is 18.7. The fourth-order valence-corrected chi connectivity index (χ4v) is 3.73. The predicted octanol–water partition coefficient (Wildman–Crippen LogP) is 3.95. The Balaban J connectivity index is 1.91. The van der Waals surface area contributed by atoms with Crippen molar-refractivity contribution in [1.82, 2.24) is 0 Å². The second-order valence-electron chi connectivity index (χ2n) is 5.42. The largest absolute Gasteiger partial charge is 0.497 e. The smallest absolute Gasteiger partial charge is 0.272 e. The van der Waals surface area contributed by atoms with Crippen LogP contribution in [-0.2, 0) is 9.59 Å². The molecule has 0 aromatic heterocycles. The maximum Gasteiger partial charge on any atom is 0.272 e. The van der Waals surface area contributed by atoms with Crippen LogP contribution in [-0.4, -0.2) is 23.2 Å². The van der Waals surface area contributed by atoms with Gasteiger partial charge in [0.05, 0.1) is 17.7 Å². The number of carbonyl (C=O) groups is 2. The topological polar surface area (TPSA) is 49.9 Å². The summed E-state index contributed by atoms with van der Waals surface area (Å²) in [6.07, 6.45) is 1.54. The van der Waals surface area contributed by atoms with Gasteiger partial charge in [0.25, 0.3) is 5.91 Å². The average Bonchev–Trinajstić information content (AvgIpc) is 2.93. The van der Waals surface area contributed by atoms with Gasteiger partial charge in [0.15, 0.2) is 4.32 Å². The van der Waals surface area contributed by atoms with Crippen molar-refractivity contribution in [2.75, 3.05) is 16.9 Å². The summed E-state index contributed by atoms with van der Waals surface area (Å²) in [6, 6.07) is 16.2. The van der Waals surface area contributed by atoms with Crippen LogP contribution in [0.15, 0.2) is 65.7 Å². The summed E-state index contributed by atoms with van der Waals surface area (Å²) in [4.78, 5) is 28.2. The number of methoxy groups -OCH3 is 1. The molecule has 0 atom stereocenters. The minimum atomic E-state index is -0.257. The third kappa shape index (κ3) is 3.63. The van der Waals surface area contributed by atoms with Crippen LogP contribution >= 0.6 is 24.0 Å². The molecule has 1 aliphatic rings. The van der Waals surface area contributed by atoms with Crippen molar-refractivity contribution >= 4 is 51.5 Å². The number of anilines is 2. The predicted molar refractivity (Wildman–Crippen MR) is 108 cm³/mol. The van der Waals surface area contributed by atoms with Gasteiger partial charge in [0.1, 0.15) is 5.75 Å². The first-order valence-corrected chi connectivity index (χ1v) is 9.00. The van der Waals surface area contributed by atoms with Crippen molar-refractivity contribution in [1.29, 1.82) is 0 Å². The van der Waals surface area contributed by atoms with E-state index in [9.17, 15) is 9.59 Å². The maximum absolute atomic E-state index is 12.8. The lowest BCUT2D eigenvalue weighted by Crippen LogP contribution is -2.28. The lowest BCUT2D eigenvalue weighted by atomic mass is 10.2. The van der Waals surface area contributed by atoms with Gasteiger partial charge in [0, 0.05) is 18.8 Å². The normalized spacial score (nSPS) is 15.5. The van der Waals surface area contributed by atoms with E-state index in [-0.39, 0.29) is 11.8 Å². The van der Waals surface area contributed by atoms with Gasteiger partial charge < -0.3 is 4.74 Å². The summed E-state index contributed by atoms with van der Waals surface area (Å²) in [5, 5.41) is 0. The molecule has 0 radical (unpaired) electrons. The van der Waals surface area contributed by atoms with Crippen LogP contribution in [0.4, 0.5) is 11.4 Å². The van der Waals surface area contributed by atoms with E-state index in [1.807, 2.05) is 30.3 Å². The highest BCUT2D eigenvalue weighted by molar-refractivity contribution is 8.27. The Morgan fingerprint density at radius 3 is 2.38 bits per heavy atom. The quantitative estimate of drug-likeness (QED) is 0.590. The van der Waals surface area contributed by atoms with E-state index >= 15 is 0 Å². The highest BCUT2D eigenvalue weighted by Crippen LogP contribution is 2.36. The van der Waals surface area contributed by atoms with E-state index in [0.29, 0.717) is 26.3 Å². The molecule has 1 saturated heterocycles. The highest BCUT2D eigenvalue weighted by Gasteiger charge is 2.34. The number of rotatable bonds is 4. The Hall–Kier alpha value is -2.64. The molecule has 0 spiro atoms. The van der Waals surface area contributed by atoms with Gasteiger partial charge >= 0.3 is 0 Å². The zero-order valence-corrected chi connectivity index (χ0v) is 15.8. The van der Waals surface area contributed by atoms with Crippen LogP contribution in [0.3, 0.4) is 0 Å². The van der Waals surface area contributed by atoms with Crippen molar-refractivity contribution < 1.29 is 14.3 Å². The van der Waals surface area contributed by atoms with Crippen LogP contribution < -0.4 is 14.5 Å². The third-order valence-electron chi connectivity index (χ3n) is 3.74. The van der Waals surface area contributed by atoms with E-state index in [1.54, 1.807) is 37.6 Å². The summed E-state index contributed by atoms with van der Waals surface area (Å²) in [5.74, 6) is 0.250. The number of ether oxygens (including phenoxy) is 1. The molecule has 2 aromatic rings. The summed E-state index contributed by atoms with van der Waals surface area (Å²) in [5.41, 5.74) is 1.35. The molecule has 2 amide bonds. The number of thioether (sulfide) groups is 1. The maximum atomic E-state index is 12.8. The van der Waals surface area contributed by atoms with Crippen molar-refractivity contribution in [2.24, 2.45) is 0 Å². The van der Waals surface area contributed by atoms with Crippen LogP contribution in [0.1, 0.15) is 6.92 Å². The first kappa shape index (κ1) is 18.2. The third-order valence-corrected chi connectivity index (χ3v) is 5.03. The Labute approximate surface area is 161 Å². The molecule has 2 aromatic carbocycles. The van der Waals surface area contributed by atoms with Gasteiger partial charge in [-0.15, -0.1) is 0 Å². The number of carbonyl (C=O) groups excluding carboxylic acids is 2. The summed E-state index contributed by atoms with van der Waals surface area (Å²) in [7, 11) is 1.58. The number of amides is 2. The molecule has 1 fully saturated rings. The van der Waals surface area contributed by atoms with Gasteiger partial charge in [-0.1, -0.05) is 42.2 Å². The summed E-state index contributed by atoms with van der Waals surface area (Å²) >= 11 is 6.54. The molecule has 5 nitrogen and oxygen atoms in total. The van der Waals surface area contributed by atoms with Crippen molar-refractivity contribution in [3.63, 3.8) is 0 Å². The van der Waals surface area contributed by atoms with E-state index in [4.69, 9.17) is 17.0 Å². The molecular formula is C19H16N2O3S2. The average molecular weight is 384 g/mol. The van der Waals surface area contributed by atoms with Crippen molar-refractivity contribution in [2.45, 2.75) is 6.92 Å². The zero-order valence-electron chi connectivity index (χ0n) is 14.2.